The fourth-order valence-electron chi connectivity index (χ4n) is 1.76. The Bertz CT molecular complexity index is 545. The zero-order valence-corrected chi connectivity index (χ0v) is 10.2. The minimum atomic E-state index is -0.413. The molecule has 0 fully saturated rings. The molecule has 0 atom stereocenters. The number of hydrogen-bond donors (Lipinski definition) is 2. The third-order valence-corrected chi connectivity index (χ3v) is 2.58. The topological polar surface area (TPSA) is 102 Å². The summed E-state index contributed by atoms with van der Waals surface area (Å²) < 4.78 is 1.59. The van der Waals surface area contributed by atoms with Crippen molar-refractivity contribution < 1.29 is 4.92 Å². The van der Waals surface area contributed by atoms with E-state index in [1.165, 1.54) is 0 Å². The Morgan fingerprint density at radius 2 is 2.39 bits per heavy atom. The molecule has 96 valence electrons. The largest absolute Gasteiger partial charge is 0.359 e. The number of aryl methyl sites for hydroxylation is 2. The first-order valence-corrected chi connectivity index (χ1v) is 5.57. The van der Waals surface area contributed by atoms with E-state index in [-0.39, 0.29) is 5.69 Å². The van der Waals surface area contributed by atoms with Gasteiger partial charge < -0.3 is 5.32 Å². The average Bonchev–Trinajstić information content (AvgIpc) is 2.92. The molecular formula is C10H14N6O2. The van der Waals surface area contributed by atoms with Crippen molar-refractivity contribution in [3.63, 3.8) is 0 Å². The van der Waals surface area contributed by atoms with Crippen LogP contribution in [0.1, 0.15) is 18.3 Å². The van der Waals surface area contributed by atoms with Crippen LogP contribution in [0.15, 0.2) is 12.3 Å². The van der Waals surface area contributed by atoms with Crippen LogP contribution in [0, 0.1) is 17.0 Å². The number of aromatic amines is 1. The molecule has 0 saturated carbocycles. The first kappa shape index (κ1) is 12.1. The summed E-state index contributed by atoms with van der Waals surface area (Å²) in [4.78, 5) is 10.6. The molecule has 18 heavy (non-hydrogen) atoms. The van der Waals surface area contributed by atoms with Crippen LogP contribution in [0.4, 0.5) is 11.5 Å². The van der Waals surface area contributed by atoms with Gasteiger partial charge in [-0.25, -0.2) is 4.68 Å². The molecule has 8 heteroatoms. The van der Waals surface area contributed by atoms with E-state index in [1.54, 1.807) is 23.9 Å². The Morgan fingerprint density at radius 3 is 2.94 bits per heavy atom. The van der Waals surface area contributed by atoms with Crippen LogP contribution in [-0.4, -0.2) is 24.9 Å². The van der Waals surface area contributed by atoms with Crippen LogP contribution in [0.2, 0.25) is 0 Å². The number of nitro groups is 1. The van der Waals surface area contributed by atoms with Gasteiger partial charge in [-0.15, -0.1) is 0 Å². The lowest BCUT2D eigenvalue weighted by molar-refractivity contribution is -0.384. The molecule has 8 nitrogen and oxygen atoms in total. The quantitative estimate of drug-likeness (QED) is 0.617. The second-order valence-electron chi connectivity index (χ2n) is 3.79. The molecule has 0 bridgehead atoms. The molecule has 2 heterocycles. The first-order valence-electron chi connectivity index (χ1n) is 5.57. The normalized spacial score (nSPS) is 10.6. The summed E-state index contributed by atoms with van der Waals surface area (Å²) in [5.74, 6) is 0.426. The van der Waals surface area contributed by atoms with Gasteiger partial charge in [-0.1, -0.05) is 0 Å². The molecule has 0 aliphatic carbocycles. The lowest BCUT2D eigenvalue weighted by Crippen LogP contribution is -2.08. The maximum absolute atomic E-state index is 11.0. The zero-order chi connectivity index (χ0) is 13.1. The second kappa shape index (κ2) is 4.86. The van der Waals surface area contributed by atoms with Crippen molar-refractivity contribution in [3.05, 3.63) is 33.8 Å². The molecule has 0 radical (unpaired) electrons. The van der Waals surface area contributed by atoms with E-state index >= 15 is 0 Å². The average molecular weight is 250 g/mol. The van der Waals surface area contributed by atoms with Gasteiger partial charge in [-0.05, 0) is 19.9 Å². The number of hydrogen-bond acceptors (Lipinski definition) is 5. The van der Waals surface area contributed by atoms with Crippen molar-refractivity contribution in [2.75, 3.05) is 5.32 Å². The third kappa shape index (κ3) is 2.17. The van der Waals surface area contributed by atoms with Gasteiger partial charge in [0.25, 0.3) is 0 Å². The number of anilines is 1. The highest BCUT2D eigenvalue weighted by Crippen LogP contribution is 2.28. The van der Waals surface area contributed by atoms with Crippen molar-refractivity contribution >= 4 is 11.5 Å². The molecular weight excluding hydrogens is 236 g/mol. The zero-order valence-electron chi connectivity index (χ0n) is 10.2. The van der Waals surface area contributed by atoms with Crippen LogP contribution < -0.4 is 5.32 Å². The van der Waals surface area contributed by atoms with Gasteiger partial charge in [-0.3, -0.25) is 15.2 Å². The van der Waals surface area contributed by atoms with E-state index in [0.717, 1.165) is 5.69 Å². The van der Waals surface area contributed by atoms with E-state index in [9.17, 15) is 10.1 Å². The molecule has 2 aromatic rings. The fourth-order valence-corrected chi connectivity index (χ4v) is 1.76. The van der Waals surface area contributed by atoms with E-state index in [1.807, 2.05) is 6.92 Å². The highest BCUT2D eigenvalue weighted by molar-refractivity contribution is 5.59. The highest BCUT2D eigenvalue weighted by atomic mass is 16.6. The Kier molecular flexibility index (Phi) is 3.26. The van der Waals surface area contributed by atoms with Gasteiger partial charge in [0.1, 0.15) is 5.69 Å². The summed E-state index contributed by atoms with van der Waals surface area (Å²) in [7, 11) is 0. The molecule has 0 aliphatic rings. The third-order valence-electron chi connectivity index (χ3n) is 2.58. The van der Waals surface area contributed by atoms with Gasteiger partial charge in [0, 0.05) is 12.7 Å². The van der Waals surface area contributed by atoms with Crippen molar-refractivity contribution in [2.45, 2.75) is 26.9 Å². The summed E-state index contributed by atoms with van der Waals surface area (Å²) in [6, 6.07) is 1.80. The van der Waals surface area contributed by atoms with Gasteiger partial charge in [0.15, 0.2) is 0 Å². The summed E-state index contributed by atoms with van der Waals surface area (Å²) in [6.07, 6.45) is 1.63. The number of nitrogens with zero attached hydrogens (tertiary/aromatic N) is 4. The van der Waals surface area contributed by atoms with Crippen molar-refractivity contribution in [1.29, 1.82) is 0 Å². The number of H-pyrrole nitrogens is 1. The molecule has 0 amide bonds. The van der Waals surface area contributed by atoms with Gasteiger partial charge >= 0.3 is 5.69 Å². The number of nitrogens with one attached hydrogen (secondary N) is 2. The summed E-state index contributed by atoms with van der Waals surface area (Å²) in [5.41, 5.74) is 1.29. The fraction of sp³-hybridized carbons (Fsp3) is 0.400. The number of aromatic nitrogens is 4. The molecule has 2 rings (SSSR count). The first-order chi connectivity index (χ1) is 8.63. The van der Waals surface area contributed by atoms with E-state index in [4.69, 9.17) is 0 Å². The maximum atomic E-state index is 11.0. The van der Waals surface area contributed by atoms with E-state index in [0.29, 0.717) is 24.6 Å². The Hall–Kier alpha value is -2.38. The van der Waals surface area contributed by atoms with Gasteiger partial charge in [0.2, 0.25) is 5.82 Å². The van der Waals surface area contributed by atoms with Crippen molar-refractivity contribution in [2.24, 2.45) is 0 Å². The van der Waals surface area contributed by atoms with Crippen molar-refractivity contribution in [1.82, 2.24) is 20.0 Å². The van der Waals surface area contributed by atoms with Crippen molar-refractivity contribution in [3.8, 4) is 0 Å². The van der Waals surface area contributed by atoms with Crippen LogP contribution in [0.25, 0.3) is 0 Å². The molecule has 0 saturated heterocycles. The Labute approximate surface area is 103 Å². The minimum Gasteiger partial charge on any atom is -0.359 e. The summed E-state index contributed by atoms with van der Waals surface area (Å²) in [5, 5.41) is 24.8. The van der Waals surface area contributed by atoms with Crippen LogP contribution in [-0.2, 0) is 13.1 Å². The van der Waals surface area contributed by atoms with E-state index in [2.05, 4.69) is 20.6 Å². The SMILES string of the molecule is CCn1nc(C)c([N+](=O)[O-])c1NCc1ccn[nH]1. The molecule has 0 aliphatic heterocycles. The molecule has 2 N–H and O–H groups in total. The smallest absolute Gasteiger partial charge is 0.333 e. The molecule has 2 aromatic heterocycles. The second-order valence-corrected chi connectivity index (χ2v) is 3.79. The minimum absolute atomic E-state index is 0.0244. The highest BCUT2D eigenvalue weighted by Gasteiger charge is 2.24. The van der Waals surface area contributed by atoms with E-state index < -0.39 is 4.92 Å². The Morgan fingerprint density at radius 1 is 1.61 bits per heavy atom. The number of rotatable bonds is 5. The van der Waals surface area contributed by atoms with Crippen LogP contribution in [0.3, 0.4) is 0 Å². The van der Waals surface area contributed by atoms with Crippen LogP contribution >= 0.6 is 0 Å². The lowest BCUT2D eigenvalue weighted by atomic mass is 10.3. The molecule has 0 aromatic carbocycles. The molecule has 0 spiro atoms. The summed E-state index contributed by atoms with van der Waals surface area (Å²) in [6.45, 7) is 4.52. The summed E-state index contributed by atoms with van der Waals surface area (Å²) >= 11 is 0. The predicted molar refractivity (Wildman–Crippen MR) is 65.2 cm³/mol. The van der Waals surface area contributed by atoms with Crippen LogP contribution in [0.5, 0.6) is 0 Å². The standard InChI is InChI=1S/C10H14N6O2/c1-3-15-10(9(16(17)18)7(2)14-15)11-6-8-4-5-12-13-8/h4-5,11H,3,6H2,1-2H3,(H,12,13). The Balaban J connectivity index is 2.27. The predicted octanol–water partition coefficient (Wildman–Crippen LogP) is 1.45. The maximum Gasteiger partial charge on any atom is 0.333 e. The van der Waals surface area contributed by atoms with Gasteiger partial charge in [0.05, 0.1) is 17.2 Å². The lowest BCUT2D eigenvalue weighted by Gasteiger charge is -2.06. The molecule has 0 unspecified atom stereocenters. The monoisotopic (exact) mass is 250 g/mol. The van der Waals surface area contributed by atoms with Gasteiger partial charge in [-0.2, -0.15) is 10.2 Å².